The Bertz CT molecular complexity index is 772. The topological polar surface area (TPSA) is 100 Å². The van der Waals surface area contributed by atoms with Crippen LogP contribution in [0, 0.1) is 0 Å². The number of nitrogens with zero attached hydrogens (tertiary/aromatic N) is 3. The van der Waals surface area contributed by atoms with E-state index < -0.39 is 17.7 Å². The van der Waals surface area contributed by atoms with Gasteiger partial charge >= 0.3 is 5.97 Å². The van der Waals surface area contributed by atoms with E-state index >= 15 is 0 Å². The molecule has 1 N–H and O–H groups in total. The van der Waals surface area contributed by atoms with Gasteiger partial charge in [-0.2, -0.15) is 0 Å². The minimum Gasteiger partial charge on any atom is -0.478 e. The van der Waals surface area contributed by atoms with Gasteiger partial charge in [-0.15, -0.1) is 0 Å². The van der Waals surface area contributed by atoms with E-state index in [1.165, 1.54) is 17.4 Å². The summed E-state index contributed by atoms with van der Waals surface area (Å²) in [5.74, 6) is -2.47. The molecule has 1 aliphatic heterocycles. The number of hydrogen-bond donors (Lipinski definition) is 1. The highest BCUT2D eigenvalue weighted by molar-refractivity contribution is 6.52. The number of para-hydroxylation sites is 1. The first-order valence-corrected chi connectivity index (χ1v) is 6.07. The molecule has 0 fully saturated rings. The van der Waals surface area contributed by atoms with Crippen LogP contribution in [0.15, 0.2) is 36.8 Å². The molecule has 0 saturated carbocycles. The fraction of sp³-hybridized carbons (Fsp3) is 0.0714. The van der Waals surface area contributed by atoms with Gasteiger partial charge in [0.2, 0.25) is 0 Å². The van der Waals surface area contributed by atoms with E-state index in [2.05, 4.69) is 9.97 Å². The third-order valence-corrected chi connectivity index (χ3v) is 3.21. The Morgan fingerprint density at radius 1 is 1.24 bits per heavy atom. The van der Waals surface area contributed by atoms with E-state index in [1.807, 2.05) is 0 Å². The normalized spacial score (nSPS) is 13.4. The van der Waals surface area contributed by atoms with Gasteiger partial charge in [-0.25, -0.2) is 14.8 Å². The monoisotopic (exact) mass is 283 g/mol. The number of hydrogen-bond acceptors (Lipinski definition) is 5. The van der Waals surface area contributed by atoms with Crippen molar-refractivity contribution in [1.82, 2.24) is 9.97 Å². The minimum atomic E-state index is -1.18. The molecule has 0 bridgehead atoms. The molecule has 1 aromatic carbocycles. The maximum Gasteiger partial charge on any atom is 0.339 e. The number of anilines is 1. The molecule has 104 valence electrons. The van der Waals surface area contributed by atoms with E-state index in [0.29, 0.717) is 11.3 Å². The van der Waals surface area contributed by atoms with Crippen molar-refractivity contribution in [2.75, 3.05) is 4.90 Å². The van der Waals surface area contributed by atoms with E-state index in [0.717, 1.165) is 0 Å². The van der Waals surface area contributed by atoms with Gasteiger partial charge in [0.05, 0.1) is 23.5 Å². The molecule has 1 aliphatic rings. The van der Waals surface area contributed by atoms with Crippen molar-refractivity contribution in [3.8, 4) is 0 Å². The number of carboxylic acid groups (broad SMARTS) is 1. The first-order valence-electron chi connectivity index (χ1n) is 6.07. The average Bonchev–Trinajstić information content (AvgIpc) is 2.73. The zero-order chi connectivity index (χ0) is 15.0. The van der Waals surface area contributed by atoms with Crippen molar-refractivity contribution < 1.29 is 19.5 Å². The van der Waals surface area contributed by atoms with Gasteiger partial charge in [0.25, 0.3) is 11.7 Å². The van der Waals surface area contributed by atoms with Crippen LogP contribution in [0.25, 0.3) is 0 Å². The van der Waals surface area contributed by atoms with Crippen LogP contribution in [0.5, 0.6) is 0 Å². The summed E-state index contributed by atoms with van der Waals surface area (Å²) < 4.78 is 0. The molecule has 0 unspecified atom stereocenters. The molecule has 0 atom stereocenters. The predicted octanol–water partition coefficient (Wildman–Crippen LogP) is 0.904. The first kappa shape index (κ1) is 12.9. The first-order chi connectivity index (χ1) is 10.1. The van der Waals surface area contributed by atoms with Crippen LogP contribution in [0.2, 0.25) is 0 Å². The lowest BCUT2D eigenvalue weighted by Gasteiger charge is -2.16. The third-order valence-electron chi connectivity index (χ3n) is 3.21. The van der Waals surface area contributed by atoms with Crippen LogP contribution in [0.1, 0.15) is 26.4 Å². The Morgan fingerprint density at radius 3 is 2.76 bits per heavy atom. The molecule has 2 aromatic rings. The SMILES string of the molecule is O=C1C(=O)N(Cc2ncncc2C(=O)O)c2ccccc21. The quantitative estimate of drug-likeness (QED) is 0.840. The average molecular weight is 283 g/mol. The lowest BCUT2D eigenvalue weighted by atomic mass is 10.1. The second kappa shape index (κ2) is 4.78. The molecule has 0 spiro atoms. The zero-order valence-corrected chi connectivity index (χ0v) is 10.7. The maximum atomic E-state index is 12.0. The molecule has 1 aromatic heterocycles. The Labute approximate surface area is 118 Å². The smallest absolute Gasteiger partial charge is 0.339 e. The van der Waals surface area contributed by atoms with Crippen LogP contribution < -0.4 is 4.90 Å². The summed E-state index contributed by atoms with van der Waals surface area (Å²) in [5, 5.41) is 9.10. The zero-order valence-electron chi connectivity index (χ0n) is 10.7. The predicted molar refractivity (Wildman–Crippen MR) is 71.0 cm³/mol. The van der Waals surface area contributed by atoms with Gasteiger partial charge in [0.1, 0.15) is 11.9 Å². The van der Waals surface area contributed by atoms with Crippen LogP contribution in [0.3, 0.4) is 0 Å². The fourth-order valence-electron chi connectivity index (χ4n) is 2.21. The number of carbonyl (C=O) groups excluding carboxylic acids is 2. The number of ketones is 1. The molecular weight excluding hydrogens is 274 g/mol. The molecule has 0 saturated heterocycles. The third kappa shape index (κ3) is 2.04. The van der Waals surface area contributed by atoms with Gasteiger partial charge in [-0.1, -0.05) is 12.1 Å². The Kier molecular flexibility index (Phi) is 2.94. The Morgan fingerprint density at radius 2 is 2.00 bits per heavy atom. The standard InChI is InChI=1S/C14H9N3O4/c18-12-8-3-1-2-4-11(8)17(13(12)19)6-10-9(14(20)21)5-15-7-16-10/h1-5,7H,6H2,(H,20,21). The maximum absolute atomic E-state index is 12.0. The van der Waals surface area contributed by atoms with Crippen molar-refractivity contribution in [2.24, 2.45) is 0 Å². The highest BCUT2D eigenvalue weighted by atomic mass is 16.4. The Hall–Kier alpha value is -3.09. The molecule has 3 rings (SSSR count). The lowest BCUT2D eigenvalue weighted by Crippen LogP contribution is -2.30. The van der Waals surface area contributed by atoms with Crippen molar-refractivity contribution in [1.29, 1.82) is 0 Å². The summed E-state index contributed by atoms with van der Waals surface area (Å²) in [6.07, 6.45) is 2.37. The lowest BCUT2D eigenvalue weighted by molar-refractivity contribution is -0.114. The number of rotatable bonds is 3. The summed E-state index contributed by atoms with van der Waals surface area (Å²) in [6, 6.07) is 6.57. The summed E-state index contributed by atoms with van der Waals surface area (Å²) in [4.78, 5) is 43.8. The van der Waals surface area contributed by atoms with E-state index in [4.69, 9.17) is 5.11 Å². The highest BCUT2D eigenvalue weighted by Gasteiger charge is 2.36. The number of fused-ring (bicyclic) bond motifs is 1. The summed E-state index contributed by atoms with van der Waals surface area (Å²) >= 11 is 0. The van der Waals surface area contributed by atoms with Crippen molar-refractivity contribution in [2.45, 2.75) is 6.54 Å². The van der Waals surface area contributed by atoms with Gasteiger partial charge in [0, 0.05) is 6.20 Å². The van der Waals surface area contributed by atoms with Gasteiger partial charge in [-0.3, -0.25) is 14.5 Å². The molecule has 2 heterocycles. The van der Waals surface area contributed by atoms with E-state index in [1.54, 1.807) is 24.3 Å². The van der Waals surface area contributed by atoms with Crippen molar-refractivity contribution >= 4 is 23.3 Å². The molecule has 7 heteroatoms. The van der Waals surface area contributed by atoms with Crippen molar-refractivity contribution in [3.63, 3.8) is 0 Å². The molecule has 0 aliphatic carbocycles. The van der Waals surface area contributed by atoms with E-state index in [9.17, 15) is 14.4 Å². The number of carboxylic acids is 1. The summed E-state index contributed by atoms with van der Waals surface area (Å²) in [6.45, 7) is -0.0915. The van der Waals surface area contributed by atoms with Gasteiger partial charge in [0.15, 0.2) is 0 Å². The molecule has 21 heavy (non-hydrogen) atoms. The number of amides is 1. The van der Waals surface area contributed by atoms with Crippen LogP contribution in [-0.2, 0) is 11.3 Å². The summed E-state index contributed by atoms with van der Waals surface area (Å²) in [7, 11) is 0. The number of aromatic nitrogens is 2. The van der Waals surface area contributed by atoms with Gasteiger partial charge in [-0.05, 0) is 12.1 Å². The fourth-order valence-corrected chi connectivity index (χ4v) is 2.21. The van der Waals surface area contributed by atoms with Crippen molar-refractivity contribution in [3.05, 3.63) is 53.6 Å². The largest absolute Gasteiger partial charge is 0.478 e. The molecular formula is C14H9N3O4. The van der Waals surface area contributed by atoms with Gasteiger partial charge < -0.3 is 5.11 Å². The van der Waals surface area contributed by atoms with Crippen LogP contribution >= 0.6 is 0 Å². The molecule has 1 amide bonds. The number of carbonyl (C=O) groups is 3. The number of benzene rings is 1. The van der Waals surface area contributed by atoms with Crippen LogP contribution in [0.4, 0.5) is 5.69 Å². The second-order valence-corrected chi connectivity index (χ2v) is 4.43. The minimum absolute atomic E-state index is 0.0915. The second-order valence-electron chi connectivity index (χ2n) is 4.43. The van der Waals surface area contributed by atoms with E-state index in [-0.39, 0.29) is 17.8 Å². The number of Topliss-reactive ketones (excluding diaryl/α,β-unsaturated/α-hetero) is 1. The number of aromatic carboxylic acids is 1. The summed E-state index contributed by atoms with van der Waals surface area (Å²) in [5.41, 5.74) is 0.855. The highest BCUT2D eigenvalue weighted by Crippen LogP contribution is 2.29. The molecule has 7 nitrogen and oxygen atoms in total. The van der Waals surface area contributed by atoms with Crippen LogP contribution in [-0.4, -0.2) is 32.7 Å². The molecule has 0 radical (unpaired) electrons. The Balaban J connectivity index is 2.02.